The second-order valence-electron chi connectivity index (χ2n) is 14.6. The van der Waals surface area contributed by atoms with Gasteiger partial charge in [0.25, 0.3) is 0 Å². The molecule has 2 N–H and O–H groups in total. The minimum absolute atomic E-state index is 0.0241. The number of rotatable bonds is 8. The van der Waals surface area contributed by atoms with Crippen LogP contribution in [0.1, 0.15) is 64.7 Å². The predicted octanol–water partition coefficient (Wildman–Crippen LogP) is 9.68. The summed E-state index contributed by atoms with van der Waals surface area (Å²) in [6, 6.07) is 26.4. The van der Waals surface area contributed by atoms with E-state index in [2.05, 4.69) is 25.6 Å². The van der Waals surface area contributed by atoms with Crippen LogP contribution in [-0.2, 0) is 25.3 Å². The lowest BCUT2D eigenvalue weighted by Crippen LogP contribution is -2.07. The Morgan fingerprint density at radius 3 is 1.71 bits per heavy atom. The minimum atomic E-state index is -0.403. The van der Waals surface area contributed by atoms with Crippen LogP contribution < -0.4 is 10.6 Å². The number of ether oxygens (including phenoxy) is 1. The van der Waals surface area contributed by atoms with Gasteiger partial charge < -0.3 is 15.4 Å². The Morgan fingerprint density at radius 1 is 0.710 bits per heavy atom. The highest BCUT2D eigenvalue weighted by Crippen LogP contribution is 2.49. The molecule has 7 aromatic rings. The number of anilines is 2. The zero-order valence-corrected chi connectivity index (χ0v) is 37.6. The molecule has 62 heavy (non-hydrogen) atoms. The first-order chi connectivity index (χ1) is 30.1. The van der Waals surface area contributed by atoms with E-state index in [4.69, 9.17) is 38.1 Å². The van der Waals surface area contributed by atoms with Crippen LogP contribution in [0, 0.1) is 6.92 Å². The van der Waals surface area contributed by atoms with E-state index in [1.807, 2.05) is 109 Å². The van der Waals surface area contributed by atoms with Crippen LogP contribution in [0.15, 0.2) is 104 Å². The van der Waals surface area contributed by atoms with Gasteiger partial charge in [0.05, 0.1) is 34.6 Å². The highest BCUT2D eigenvalue weighted by molar-refractivity contribution is 8.00. The van der Waals surface area contributed by atoms with Crippen molar-refractivity contribution in [3.8, 4) is 22.8 Å². The summed E-state index contributed by atoms with van der Waals surface area (Å²) in [4.78, 5) is 38.1. The van der Waals surface area contributed by atoms with Gasteiger partial charge in [0.15, 0.2) is 5.78 Å². The number of carbonyl (C=O) groups is 2. The lowest BCUT2D eigenvalue weighted by atomic mass is 9.97. The molecule has 2 unspecified atom stereocenters. The summed E-state index contributed by atoms with van der Waals surface area (Å²) in [5, 5.41) is 17.5. The average molecular weight is 905 g/mol. The zero-order valence-electron chi connectivity index (χ0n) is 34.4. The maximum absolute atomic E-state index is 13.0. The van der Waals surface area contributed by atoms with E-state index in [9.17, 15) is 9.59 Å². The van der Waals surface area contributed by atoms with Gasteiger partial charge in [0.1, 0.15) is 23.0 Å². The summed E-state index contributed by atoms with van der Waals surface area (Å²) >= 11 is 17.0. The van der Waals surface area contributed by atoms with Gasteiger partial charge in [-0.15, -0.1) is 23.5 Å². The topological polar surface area (TPSA) is 142 Å². The Hall–Kier alpha value is -5.67. The molecule has 7 heterocycles. The zero-order chi connectivity index (χ0) is 43.3. The maximum atomic E-state index is 13.0. The Labute approximate surface area is 378 Å². The second kappa shape index (κ2) is 19.2. The number of esters is 1. The number of hydrogen-bond acceptors (Lipinski definition) is 12. The van der Waals surface area contributed by atoms with Crippen molar-refractivity contribution < 1.29 is 14.3 Å². The van der Waals surface area contributed by atoms with Gasteiger partial charge in [-0.25, -0.2) is 4.79 Å². The number of aromatic nitrogens is 7. The maximum Gasteiger partial charge on any atom is 0.337 e. The van der Waals surface area contributed by atoms with Crippen molar-refractivity contribution >= 4 is 70.1 Å². The number of ketones is 1. The number of halogens is 2. The fraction of sp³-hybridized carbons (Fsp3) is 0.239. The highest BCUT2D eigenvalue weighted by Gasteiger charge is 2.32. The minimum Gasteiger partial charge on any atom is -0.465 e. The monoisotopic (exact) mass is 903 g/mol. The summed E-state index contributed by atoms with van der Waals surface area (Å²) < 4.78 is 8.53. The number of carbonyl (C=O) groups excluding carboxylic acids is 2. The van der Waals surface area contributed by atoms with E-state index in [0.29, 0.717) is 27.6 Å². The molecule has 0 aliphatic carbocycles. The van der Waals surface area contributed by atoms with Crippen LogP contribution in [0.4, 0.5) is 11.6 Å². The molecule has 9 rings (SSSR count). The molecule has 0 saturated heterocycles. The van der Waals surface area contributed by atoms with Crippen molar-refractivity contribution in [2.75, 3.05) is 42.3 Å². The molecular weight excluding hydrogens is 862 g/mol. The van der Waals surface area contributed by atoms with Gasteiger partial charge in [0.2, 0.25) is 0 Å². The molecule has 2 atom stereocenters. The molecule has 5 aromatic heterocycles. The molecule has 16 heteroatoms. The third-order valence-corrected chi connectivity index (χ3v) is 13.8. The number of nitrogens with zero attached hydrogens (tertiary/aromatic N) is 7. The number of aryl methyl sites for hydroxylation is 3. The van der Waals surface area contributed by atoms with Gasteiger partial charge in [-0.1, -0.05) is 59.6 Å². The molecular formula is C46H43Cl2N9O3S2. The number of fused-ring (bicyclic) bond motifs is 2. The molecule has 12 nitrogen and oxygen atoms in total. The standard InChI is InChI=1S/C26H24ClN5OS.C20H19ClN4O2S/c1-16-17(6-5-11-28-16)15-22(33)18-8-9-19(20(27)14-18)25-23-24(21-7-3-4-10-29-21)31-32(2)26(23)30-12-13-34-25;1-25-19-16(17(24-25)15-5-3-4-8-22-15)18(28-10-9-23-19)13-7-6-12(11-14(13)21)20(26)27-2/h3-11,14,25,30H,12-13,15H2,1-2H3;3-8,11,18,23H,9-10H2,1-2H3. The molecule has 0 radical (unpaired) electrons. The van der Waals surface area contributed by atoms with Crippen LogP contribution in [0.3, 0.4) is 0 Å². The van der Waals surface area contributed by atoms with Crippen molar-refractivity contribution in [1.29, 1.82) is 0 Å². The molecule has 2 aliphatic rings. The van der Waals surface area contributed by atoms with E-state index in [1.165, 1.54) is 7.11 Å². The van der Waals surface area contributed by atoms with E-state index >= 15 is 0 Å². The van der Waals surface area contributed by atoms with Crippen LogP contribution >= 0.6 is 46.7 Å². The van der Waals surface area contributed by atoms with Crippen molar-refractivity contribution in [3.63, 3.8) is 0 Å². The lowest BCUT2D eigenvalue weighted by Gasteiger charge is -2.18. The summed E-state index contributed by atoms with van der Waals surface area (Å²) in [5.74, 6) is 3.38. The third-order valence-electron chi connectivity index (χ3n) is 10.6. The number of methoxy groups -OCH3 is 1. The van der Waals surface area contributed by atoms with Gasteiger partial charge in [-0.3, -0.25) is 29.1 Å². The number of thioether (sulfide) groups is 2. The Kier molecular flexibility index (Phi) is 13.3. The second-order valence-corrected chi connectivity index (χ2v) is 17.8. The van der Waals surface area contributed by atoms with Crippen LogP contribution in [0.2, 0.25) is 10.0 Å². The molecule has 0 bridgehead atoms. The number of pyridine rings is 3. The summed E-state index contributed by atoms with van der Waals surface area (Å²) in [6.07, 6.45) is 5.58. The average Bonchev–Trinajstić information content (AvgIpc) is 3.56. The quantitative estimate of drug-likeness (QED) is 0.111. The number of nitrogens with one attached hydrogen (secondary N) is 2. The molecule has 0 amide bonds. The van der Waals surface area contributed by atoms with Crippen molar-refractivity contribution in [2.24, 2.45) is 14.1 Å². The molecule has 0 saturated carbocycles. The normalized spacial score (nSPS) is 15.6. The van der Waals surface area contributed by atoms with Crippen LogP contribution in [0.25, 0.3) is 22.8 Å². The van der Waals surface area contributed by atoms with Gasteiger partial charge in [0, 0.05) is 96.1 Å². The first-order valence-corrected chi connectivity index (χ1v) is 22.8. The van der Waals surface area contributed by atoms with Gasteiger partial charge in [-0.2, -0.15) is 10.2 Å². The van der Waals surface area contributed by atoms with Gasteiger partial charge >= 0.3 is 5.97 Å². The number of benzene rings is 2. The Morgan fingerprint density at radius 2 is 1.23 bits per heavy atom. The Balaban J connectivity index is 0.000000174. The first kappa shape index (κ1) is 43.0. The SMILES string of the molecule is COC(=O)c1ccc(C2SCCNc3c2c(-c2ccccn2)nn3C)c(Cl)c1.Cc1ncccc1CC(=O)c1ccc(C2SCCNc3c2c(-c2ccccn2)nn3C)c(Cl)c1. The summed E-state index contributed by atoms with van der Waals surface area (Å²) in [5.41, 5.74) is 10.2. The fourth-order valence-electron chi connectivity index (χ4n) is 7.61. The molecule has 0 spiro atoms. The molecule has 2 aliphatic heterocycles. The lowest BCUT2D eigenvalue weighted by molar-refractivity contribution is 0.0600. The largest absolute Gasteiger partial charge is 0.465 e. The summed E-state index contributed by atoms with van der Waals surface area (Å²) in [6.45, 7) is 3.57. The van der Waals surface area contributed by atoms with Gasteiger partial charge in [-0.05, 0) is 72.1 Å². The van der Waals surface area contributed by atoms with Crippen LogP contribution in [-0.4, -0.2) is 78.0 Å². The molecule has 316 valence electrons. The van der Waals surface area contributed by atoms with E-state index in [1.54, 1.807) is 48.6 Å². The van der Waals surface area contributed by atoms with E-state index in [-0.39, 0.29) is 16.3 Å². The molecule has 0 fully saturated rings. The van der Waals surface area contributed by atoms with Crippen molar-refractivity contribution in [3.05, 3.63) is 158 Å². The van der Waals surface area contributed by atoms with Crippen LogP contribution in [0.5, 0.6) is 0 Å². The fourth-order valence-corrected chi connectivity index (χ4v) is 10.8. The first-order valence-electron chi connectivity index (χ1n) is 19.9. The predicted molar refractivity (Wildman–Crippen MR) is 250 cm³/mol. The number of hydrogen-bond donors (Lipinski definition) is 2. The van der Waals surface area contributed by atoms with E-state index < -0.39 is 5.97 Å². The smallest absolute Gasteiger partial charge is 0.337 e. The van der Waals surface area contributed by atoms with Crippen molar-refractivity contribution in [2.45, 2.75) is 23.8 Å². The van der Waals surface area contributed by atoms with E-state index in [0.717, 1.165) is 92.5 Å². The summed E-state index contributed by atoms with van der Waals surface area (Å²) in [7, 11) is 5.22. The third kappa shape index (κ3) is 8.96. The molecule has 2 aromatic carbocycles. The highest BCUT2D eigenvalue weighted by atomic mass is 35.5. The number of Topliss-reactive ketones (excluding diaryl/α,β-unsaturated/α-hetero) is 1. The van der Waals surface area contributed by atoms with Crippen molar-refractivity contribution in [1.82, 2.24) is 34.5 Å². The Bertz CT molecular complexity index is 2750.